The van der Waals surface area contributed by atoms with Crippen molar-refractivity contribution < 1.29 is 13.9 Å². The monoisotopic (exact) mass is 291 g/mol. The summed E-state index contributed by atoms with van der Waals surface area (Å²) in [4.78, 5) is 13.7. The molecule has 1 aliphatic rings. The summed E-state index contributed by atoms with van der Waals surface area (Å²) >= 11 is 0. The lowest BCUT2D eigenvalue weighted by Gasteiger charge is -2.26. The third kappa shape index (κ3) is 4.25. The maximum Gasteiger partial charge on any atom is 0.224 e. The van der Waals surface area contributed by atoms with Crippen molar-refractivity contribution in [1.29, 1.82) is 5.26 Å². The molecule has 0 unspecified atom stereocenters. The third-order valence-electron chi connectivity index (χ3n) is 3.39. The van der Waals surface area contributed by atoms with Crippen molar-refractivity contribution in [3.63, 3.8) is 0 Å². The molecule has 6 heteroatoms. The van der Waals surface area contributed by atoms with E-state index >= 15 is 0 Å². The standard InChI is InChI=1S/C15H18FN3O2/c16-15-12(10-17)2-1-3-13(15)11-18-5-4-14(20)19-6-8-21-9-7-19/h1-3,18H,4-9,11H2. The molecule has 1 N–H and O–H groups in total. The Bertz CT molecular complexity index is 536. The number of hydrogen-bond donors (Lipinski definition) is 1. The Labute approximate surface area is 123 Å². The zero-order chi connectivity index (χ0) is 15.1. The summed E-state index contributed by atoms with van der Waals surface area (Å²) in [6, 6.07) is 6.54. The summed E-state index contributed by atoms with van der Waals surface area (Å²) in [6.45, 7) is 3.23. The number of nitrogens with zero attached hydrogens (tertiary/aromatic N) is 2. The smallest absolute Gasteiger partial charge is 0.224 e. The Hall–Kier alpha value is -1.97. The summed E-state index contributed by atoms with van der Waals surface area (Å²) in [6.07, 6.45) is 0.375. The molecular formula is C15H18FN3O2. The summed E-state index contributed by atoms with van der Waals surface area (Å²) in [7, 11) is 0. The Morgan fingerprint density at radius 1 is 1.43 bits per heavy atom. The molecule has 0 bridgehead atoms. The number of halogens is 1. The van der Waals surface area contributed by atoms with Crippen LogP contribution >= 0.6 is 0 Å². The first-order valence-corrected chi connectivity index (χ1v) is 6.96. The second kappa shape index (κ2) is 7.72. The van der Waals surface area contributed by atoms with Crippen molar-refractivity contribution in [3.05, 3.63) is 35.1 Å². The third-order valence-corrected chi connectivity index (χ3v) is 3.39. The molecule has 112 valence electrons. The summed E-state index contributed by atoms with van der Waals surface area (Å²) in [5, 5.41) is 11.8. The Morgan fingerprint density at radius 2 is 2.19 bits per heavy atom. The van der Waals surface area contributed by atoms with Crippen molar-refractivity contribution >= 4 is 5.91 Å². The number of carbonyl (C=O) groups is 1. The molecule has 0 atom stereocenters. The number of carbonyl (C=O) groups excluding carboxylic acids is 1. The molecule has 1 aliphatic heterocycles. The van der Waals surface area contributed by atoms with Crippen molar-refractivity contribution in [2.24, 2.45) is 0 Å². The molecule has 1 amide bonds. The van der Waals surface area contributed by atoms with Gasteiger partial charge in [0.25, 0.3) is 0 Å². The first-order valence-electron chi connectivity index (χ1n) is 6.96. The number of ether oxygens (including phenoxy) is 1. The fourth-order valence-corrected chi connectivity index (χ4v) is 2.19. The lowest BCUT2D eigenvalue weighted by molar-refractivity contribution is -0.135. The van der Waals surface area contributed by atoms with Gasteiger partial charge in [0.1, 0.15) is 11.9 Å². The van der Waals surface area contributed by atoms with Crippen LogP contribution in [0.25, 0.3) is 0 Å². The van der Waals surface area contributed by atoms with E-state index in [1.54, 1.807) is 17.0 Å². The number of benzene rings is 1. The van der Waals surface area contributed by atoms with Gasteiger partial charge in [0.05, 0.1) is 18.8 Å². The maximum atomic E-state index is 13.8. The second-order valence-electron chi connectivity index (χ2n) is 4.81. The van der Waals surface area contributed by atoms with Gasteiger partial charge in [-0.25, -0.2) is 4.39 Å². The van der Waals surface area contributed by atoms with Gasteiger partial charge in [-0.15, -0.1) is 0 Å². The van der Waals surface area contributed by atoms with E-state index in [0.29, 0.717) is 51.4 Å². The molecule has 1 aromatic rings. The largest absolute Gasteiger partial charge is 0.378 e. The predicted molar refractivity (Wildman–Crippen MR) is 74.8 cm³/mol. The zero-order valence-corrected chi connectivity index (χ0v) is 11.8. The number of nitriles is 1. The van der Waals surface area contributed by atoms with Crippen LogP contribution in [-0.2, 0) is 16.1 Å². The van der Waals surface area contributed by atoms with Gasteiger partial charge in [-0.3, -0.25) is 4.79 Å². The molecule has 1 heterocycles. The second-order valence-corrected chi connectivity index (χ2v) is 4.81. The lowest BCUT2D eigenvalue weighted by Crippen LogP contribution is -2.41. The van der Waals surface area contributed by atoms with E-state index in [1.807, 2.05) is 6.07 Å². The quantitative estimate of drug-likeness (QED) is 0.823. The fraction of sp³-hybridized carbons (Fsp3) is 0.467. The molecule has 2 rings (SSSR count). The average Bonchev–Trinajstić information content (AvgIpc) is 2.53. The van der Waals surface area contributed by atoms with E-state index in [2.05, 4.69) is 5.32 Å². The van der Waals surface area contributed by atoms with Crippen LogP contribution in [0, 0.1) is 17.1 Å². The highest BCUT2D eigenvalue weighted by atomic mass is 19.1. The minimum Gasteiger partial charge on any atom is -0.378 e. The van der Waals surface area contributed by atoms with Gasteiger partial charge in [0.15, 0.2) is 0 Å². The molecule has 1 aromatic carbocycles. The minimum atomic E-state index is -0.494. The molecular weight excluding hydrogens is 273 g/mol. The van der Waals surface area contributed by atoms with Crippen molar-refractivity contribution in [3.8, 4) is 6.07 Å². The molecule has 0 radical (unpaired) electrons. The van der Waals surface area contributed by atoms with Crippen LogP contribution in [0.3, 0.4) is 0 Å². The molecule has 21 heavy (non-hydrogen) atoms. The van der Waals surface area contributed by atoms with Crippen molar-refractivity contribution in [2.45, 2.75) is 13.0 Å². The number of hydrogen-bond acceptors (Lipinski definition) is 4. The van der Waals surface area contributed by atoms with Crippen LogP contribution < -0.4 is 5.32 Å². The van der Waals surface area contributed by atoms with Crippen LogP contribution in [0.4, 0.5) is 4.39 Å². The topological polar surface area (TPSA) is 65.4 Å². The Balaban J connectivity index is 1.75. The van der Waals surface area contributed by atoms with E-state index in [-0.39, 0.29) is 11.5 Å². The van der Waals surface area contributed by atoms with E-state index < -0.39 is 5.82 Å². The van der Waals surface area contributed by atoms with E-state index in [9.17, 15) is 9.18 Å². The van der Waals surface area contributed by atoms with Crippen molar-refractivity contribution in [2.75, 3.05) is 32.8 Å². The Kier molecular flexibility index (Phi) is 5.67. The molecule has 5 nitrogen and oxygen atoms in total. The van der Waals surface area contributed by atoms with E-state index in [0.717, 1.165) is 0 Å². The van der Waals surface area contributed by atoms with Gasteiger partial charge in [-0.05, 0) is 6.07 Å². The van der Waals surface area contributed by atoms with Crippen LogP contribution in [0.5, 0.6) is 0 Å². The first kappa shape index (κ1) is 15.4. The highest BCUT2D eigenvalue weighted by Crippen LogP contribution is 2.11. The minimum absolute atomic E-state index is 0.0405. The first-order chi connectivity index (χ1) is 10.2. The van der Waals surface area contributed by atoms with Gasteiger partial charge in [0, 0.05) is 38.2 Å². The Morgan fingerprint density at radius 3 is 2.90 bits per heavy atom. The zero-order valence-electron chi connectivity index (χ0n) is 11.8. The predicted octanol–water partition coefficient (Wildman–Crippen LogP) is 1.04. The van der Waals surface area contributed by atoms with Crippen LogP contribution in [0.2, 0.25) is 0 Å². The van der Waals surface area contributed by atoms with E-state index in [4.69, 9.17) is 10.00 Å². The van der Waals surface area contributed by atoms with Gasteiger partial charge in [0.2, 0.25) is 5.91 Å². The molecule has 0 saturated carbocycles. The van der Waals surface area contributed by atoms with Crippen LogP contribution in [0.1, 0.15) is 17.5 Å². The highest BCUT2D eigenvalue weighted by Gasteiger charge is 2.16. The molecule has 0 spiro atoms. The lowest BCUT2D eigenvalue weighted by atomic mass is 10.1. The van der Waals surface area contributed by atoms with Crippen LogP contribution in [-0.4, -0.2) is 43.7 Å². The SMILES string of the molecule is N#Cc1cccc(CNCCC(=O)N2CCOCC2)c1F. The van der Waals surface area contributed by atoms with Gasteiger partial charge >= 0.3 is 0 Å². The van der Waals surface area contributed by atoms with Gasteiger partial charge in [-0.1, -0.05) is 12.1 Å². The fourth-order valence-electron chi connectivity index (χ4n) is 2.19. The number of amides is 1. The van der Waals surface area contributed by atoms with Gasteiger partial charge in [-0.2, -0.15) is 5.26 Å². The molecule has 1 fully saturated rings. The summed E-state index contributed by atoms with van der Waals surface area (Å²) in [5.74, 6) is -0.413. The maximum absolute atomic E-state index is 13.8. The van der Waals surface area contributed by atoms with Crippen LogP contribution in [0.15, 0.2) is 18.2 Å². The van der Waals surface area contributed by atoms with E-state index in [1.165, 1.54) is 6.07 Å². The normalized spacial score (nSPS) is 14.8. The average molecular weight is 291 g/mol. The molecule has 0 aromatic heterocycles. The highest BCUT2D eigenvalue weighted by molar-refractivity contribution is 5.76. The van der Waals surface area contributed by atoms with Gasteiger partial charge < -0.3 is 15.0 Å². The van der Waals surface area contributed by atoms with Crippen molar-refractivity contribution in [1.82, 2.24) is 10.2 Å². The number of morpholine rings is 1. The molecule has 1 saturated heterocycles. The summed E-state index contributed by atoms with van der Waals surface area (Å²) < 4.78 is 19.0. The summed E-state index contributed by atoms with van der Waals surface area (Å²) in [5.41, 5.74) is 0.478. The number of nitrogens with one attached hydrogen (secondary N) is 1. The molecule has 0 aliphatic carbocycles. The number of rotatable bonds is 5.